The van der Waals surface area contributed by atoms with Crippen molar-refractivity contribution >= 4 is 26.0 Å². The zero-order valence-electron chi connectivity index (χ0n) is 9.77. The SMILES string of the molecule is CC(NS(=O)(=O)c1cccc(S(N)(=O)=O)c1)C(=O)O. The average molecular weight is 308 g/mol. The van der Waals surface area contributed by atoms with E-state index in [1.807, 2.05) is 4.72 Å². The zero-order chi connectivity index (χ0) is 14.8. The number of nitrogens with one attached hydrogen (secondary N) is 1. The van der Waals surface area contributed by atoms with Crippen molar-refractivity contribution in [1.82, 2.24) is 4.72 Å². The van der Waals surface area contributed by atoms with Crippen molar-refractivity contribution in [2.24, 2.45) is 5.14 Å². The molecule has 4 N–H and O–H groups in total. The van der Waals surface area contributed by atoms with Gasteiger partial charge in [0.05, 0.1) is 9.79 Å². The largest absolute Gasteiger partial charge is 0.480 e. The molecule has 0 aliphatic rings. The normalized spacial score (nSPS) is 14.0. The quantitative estimate of drug-likeness (QED) is 0.642. The van der Waals surface area contributed by atoms with Crippen LogP contribution in [-0.4, -0.2) is 34.0 Å². The third-order valence-electron chi connectivity index (χ3n) is 2.15. The van der Waals surface area contributed by atoms with Crippen molar-refractivity contribution in [3.05, 3.63) is 24.3 Å². The van der Waals surface area contributed by atoms with Crippen molar-refractivity contribution < 1.29 is 26.7 Å². The van der Waals surface area contributed by atoms with Crippen LogP contribution in [-0.2, 0) is 24.8 Å². The molecule has 19 heavy (non-hydrogen) atoms. The summed E-state index contributed by atoms with van der Waals surface area (Å²) >= 11 is 0. The summed E-state index contributed by atoms with van der Waals surface area (Å²) in [5, 5.41) is 13.5. The van der Waals surface area contributed by atoms with E-state index in [-0.39, 0.29) is 9.79 Å². The Labute approximate surface area is 110 Å². The average Bonchev–Trinajstić information content (AvgIpc) is 2.27. The van der Waals surface area contributed by atoms with E-state index in [1.54, 1.807) is 0 Å². The highest BCUT2D eigenvalue weighted by atomic mass is 32.2. The third kappa shape index (κ3) is 3.99. The van der Waals surface area contributed by atoms with Crippen LogP contribution >= 0.6 is 0 Å². The van der Waals surface area contributed by atoms with Gasteiger partial charge < -0.3 is 5.11 Å². The highest BCUT2D eigenvalue weighted by Gasteiger charge is 2.22. The second kappa shape index (κ2) is 5.25. The van der Waals surface area contributed by atoms with Crippen LogP contribution in [0.5, 0.6) is 0 Å². The fourth-order valence-corrected chi connectivity index (χ4v) is 3.05. The maximum absolute atomic E-state index is 11.8. The molecule has 8 nitrogen and oxygen atoms in total. The van der Waals surface area contributed by atoms with Crippen LogP contribution in [0.4, 0.5) is 0 Å². The highest BCUT2D eigenvalue weighted by Crippen LogP contribution is 2.14. The Hall–Kier alpha value is -1.49. The maximum Gasteiger partial charge on any atom is 0.321 e. The molecule has 0 spiro atoms. The standard InChI is InChI=1S/C9H12N2O6S2/c1-6(9(12)13)11-19(16,17)8-4-2-3-7(5-8)18(10,14)15/h2-6,11H,1H3,(H,12,13)(H2,10,14,15). The van der Waals surface area contributed by atoms with Gasteiger partial charge in [0.1, 0.15) is 6.04 Å². The minimum absolute atomic E-state index is 0.377. The van der Waals surface area contributed by atoms with Crippen molar-refractivity contribution in [2.75, 3.05) is 0 Å². The summed E-state index contributed by atoms with van der Waals surface area (Å²) in [5.74, 6) is -1.36. The van der Waals surface area contributed by atoms with E-state index in [1.165, 1.54) is 6.07 Å². The molecule has 0 bridgehead atoms. The molecule has 106 valence electrons. The summed E-state index contributed by atoms with van der Waals surface area (Å²) in [6, 6.07) is 2.97. The molecule has 1 aromatic rings. The smallest absolute Gasteiger partial charge is 0.321 e. The van der Waals surface area contributed by atoms with E-state index in [9.17, 15) is 21.6 Å². The van der Waals surface area contributed by atoms with Crippen molar-refractivity contribution in [1.29, 1.82) is 0 Å². The van der Waals surface area contributed by atoms with Crippen molar-refractivity contribution in [3.63, 3.8) is 0 Å². The Bertz CT molecular complexity index is 695. The van der Waals surface area contributed by atoms with E-state index >= 15 is 0 Å². The molecule has 0 aromatic heterocycles. The number of aliphatic carboxylic acids is 1. The van der Waals surface area contributed by atoms with E-state index < -0.39 is 32.1 Å². The molecular weight excluding hydrogens is 296 g/mol. The van der Waals surface area contributed by atoms with E-state index in [0.717, 1.165) is 25.1 Å². The van der Waals surface area contributed by atoms with Gasteiger partial charge in [-0.05, 0) is 25.1 Å². The van der Waals surface area contributed by atoms with Gasteiger partial charge in [0.25, 0.3) is 0 Å². The molecule has 0 fully saturated rings. The monoisotopic (exact) mass is 308 g/mol. The van der Waals surface area contributed by atoms with Crippen molar-refractivity contribution in [3.8, 4) is 0 Å². The number of carboxylic acids is 1. The first-order chi connectivity index (χ1) is 8.54. The number of benzene rings is 1. The fraction of sp³-hybridized carbons (Fsp3) is 0.222. The summed E-state index contributed by atoms with van der Waals surface area (Å²) < 4.78 is 47.7. The lowest BCUT2D eigenvalue weighted by molar-refractivity contribution is -0.138. The van der Waals surface area contributed by atoms with E-state index in [4.69, 9.17) is 10.2 Å². The molecule has 0 aliphatic carbocycles. The Morgan fingerprint density at radius 3 is 2.26 bits per heavy atom. The molecule has 10 heteroatoms. The van der Waals surface area contributed by atoms with Crippen LogP contribution < -0.4 is 9.86 Å². The number of carboxylic acid groups (broad SMARTS) is 1. The minimum atomic E-state index is -4.14. The highest BCUT2D eigenvalue weighted by molar-refractivity contribution is 7.90. The van der Waals surface area contributed by atoms with Crippen LogP contribution in [0.3, 0.4) is 0 Å². The van der Waals surface area contributed by atoms with Gasteiger partial charge in [0.2, 0.25) is 20.0 Å². The summed E-state index contributed by atoms with van der Waals surface area (Å²) in [4.78, 5) is 9.83. The molecule has 0 saturated heterocycles. The van der Waals surface area contributed by atoms with Gasteiger partial charge in [0.15, 0.2) is 0 Å². The molecule has 1 rings (SSSR count). The number of hydrogen-bond acceptors (Lipinski definition) is 5. The summed E-state index contributed by atoms with van der Waals surface area (Å²) in [7, 11) is -8.18. The van der Waals surface area contributed by atoms with Gasteiger partial charge in [-0.2, -0.15) is 4.72 Å². The molecule has 1 atom stereocenters. The lowest BCUT2D eigenvalue weighted by Gasteiger charge is -2.10. The Morgan fingerprint density at radius 2 is 1.79 bits per heavy atom. The van der Waals surface area contributed by atoms with E-state index in [2.05, 4.69) is 0 Å². The number of nitrogens with two attached hydrogens (primary N) is 1. The van der Waals surface area contributed by atoms with Crippen molar-refractivity contribution in [2.45, 2.75) is 22.8 Å². The van der Waals surface area contributed by atoms with Crippen LogP contribution in [0.25, 0.3) is 0 Å². The number of hydrogen-bond donors (Lipinski definition) is 3. The van der Waals surface area contributed by atoms with Gasteiger partial charge in [-0.15, -0.1) is 0 Å². The molecule has 0 amide bonds. The van der Waals surface area contributed by atoms with Crippen LogP contribution in [0.1, 0.15) is 6.92 Å². The van der Waals surface area contributed by atoms with Gasteiger partial charge in [0, 0.05) is 0 Å². The number of sulfonamides is 2. The van der Waals surface area contributed by atoms with Gasteiger partial charge in [-0.25, -0.2) is 22.0 Å². The summed E-state index contributed by atoms with van der Waals surface area (Å²) in [6.07, 6.45) is 0. The molecule has 0 radical (unpaired) electrons. The second-order valence-corrected chi connectivity index (χ2v) is 6.98. The predicted molar refractivity (Wildman–Crippen MR) is 65.2 cm³/mol. The minimum Gasteiger partial charge on any atom is -0.480 e. The third-order valence-corrected chi connectivity index (χ3v) is 4.60. The molecule has 0 heterocycles. The van der Waals surface area contributed by atoms with Crippen LogP contribution in [0.15, 0.2) is 34.1 Å². The first kappa shape index (κ1) is 15.6. The molecular formula is C9H12N2O6S2. The number of primary sulfonamides is 1. The lowest BCUT2D eigenvalue weighted by atomic mass is 10.4. The van der Waals surface area contributed by atoms with Gasteiger partial charge >= 0.3 is 5.97 Å². The topological polar surface area (TPSA) is 144 Å². The number of carbonyl (C=O) groups is 1. The molecule has 1 unspecified atom stereocenters. The maximum atomic E-state index is 11.8. The van der Waals surface area contributed by atoms with Crippen LogP contribution in [0, 0.1) is 0 Å². The Balaban J connectivity index is 3.20. The zero-order valence-corrected chi connectivity index (χ0v) is 11.4. The first-order valence-corrected chi connectivity index (χ1v) is 7.95. The lowest BCUT2D eigenvalue weighted by Crippen LogP contribution is -2.38. The van der Waals surface area contributed by atoms with Gasteiger partial charge in [-0.1, -0.05) is 6.07 Å². The van der Waals surface area contributed by atoms with Crippen LogP contribution in [0.2, 0.25) is 0 Å². The first-order valence-electron chi connectivity index (χ1n) is 4.92. The summed E-state index contributed by atoms with van der Waals surface area (Å²) in [6.45, 7) is 1.14. The molecule has 0 saturated carbocycles. The Morgan fingerprint density at radius 1 is 1.26 bits per heavy atom. The predicted octanol–water partition coefficient (Wildman–Crippen LogP) is -0.915. The Kier molecular flexibility index (Phi) is 4.30. The van der Waals surface area contributed by atoms with E-state index in [0.29, 0.717) is 0 Å². The molecule has 1 aromatic carbocycles. The second-order valence-electron chi connectivity index (χ2n) is 3.70. The van der Waals surface area contributed by atoms with Gasteiger partial charge in [-0.3, -0.25) is 4.79 Å². The molecule has 0 aliphatic heterocycles. The summed E-state index contributed by atoms with van der Waals surface area (Å²) in [5.41, 5.74) is 0. The number of rotatable bonds is 5. The fourth-order valence-electron chi connectivity index (χ4n) is 1.17.